The molecule has 18 heavy (non-hydrogen) atoms. The molecular formula is C10H11F3N2O3. The lowest BCUT2D eigenvalue weighted by atomic mass is 10.3. The molecule has 0 aromatic carbocycles. The molecule has 0 radical (unpaired) electrons. The Bertz CT molecular complexity index is 440. The number of carbonyl (C=O) groups is 2. The Morgan fingerprint density at radius 2 is 2.06 bits per heavy atom. The monoisotopic (exact) mass is 264 g/mol. The van der Waals surface area contributed by atoms with Crippen LogP contribution in [-0.2, 0) is 11.3 Å². The zero-order chi connectivity index (χ0) is 13.8. The van der Waals surface area contributed by atoms with E-state index in [2.05, 4.69) is 5.32 Å². The first kappa shape index (κ1) is 14.1. The van der Waals surface area contributed by atoms with Crippen LogP contribution < -0.4 is 5.32 Å². The topological polar surface area (TPSA) is 71.3 Å². The second kappa shape index (κ2) is 5.56. The van der Waals surface area contributed by atoms with Crippen LogP contribution in [0.1, 0.15) is 16.9 Å². The summed E-state index contributed by atoms with van der Waals surface area (Å²) in [6.07, 6.45) is -4.10. The van der Waals surface area contributed by atoms with Gasteiger partial charge in [0.1, 0.15) is 12.2 Å². The van der Waals surface area contributed by atoms with Gasteiger partial charge in [0, 0.05) is 12.7 Å². The normalized spacial score (nSPS) is 11.3. The lowest BCUT2D eigenvalue weighted by Gasteiger charge is -2.09. The predicted octanol–water partition coefficient (Wildman–Crippen LogP) is 1.25. The van der Waals surface area contributed by atoms with E-state index in [1.165, 1.54) is 18.3 Å². The summed E-state index contributed by atoms with van der Waals surface area (Å²) < 4.78 is 36.7. The largest absolute Gasteiger partial charge is 0.480 e. The van der Waals surface area contributed by atoms with E-state index >= 15 is 0 Å². The summed E-state index contributed by atoms with van der Waals surface area (Å²) in [5.74, 6) is -1.87. The second-order valence-electron chi connectivity index (χ2n) is 3.54. The first-order valence-corrected chi connectivity index (χ1v) is 5.01. The number of rotatable bonds is 5. The molecule has 0 aliphatic heterocycles. The van der Waals surface area contributed by atoms with Gasteiger partial charge in [-0.1, -0.05) is 0 Å². The number of hydrogen-bond donors (Lipinski definition) is 2. The average Bonchev–Trinajstić information content (AvgIpc) is 2.62. The molecular weight excluding hydrogens is 253 g/mol. The number of aromatic nitrogens is 1. The summed E-state index contributed by atoms with van der Waals surface area (Å²) in [4.78, 5) is 22.0. The van der Waals surface area contributed by atoms with E-state index in [1.54, 1.807) is 0 Å². The van der Waals surface area contributed by atoms with Gasteiger partial charge in [0.05, 0.1) is 6.42 Å². The molecule has 0 saturated carbocycles. The lowest BCUT2D eigenvalue weighted by Crippen LogP contribution is -2.30. The molecule has 0 atom stereocenters. The Hall–Kier alpha value is -1.99. The fourth-order valence-electron chi connectivity index (χ4n) is 1.31. The summed E-state index contributed by atoms with van der Waals surface area (Å²) in [6, 6.07) is 2.79. The van der Waals surface area contributed by atoms with Crippen LogP contribution >= 0.6 is 0 Å². The van der Waals surface area contributed by atoms with Crippen molar-refractivity contribution in [2.45, 2.75) is 19.1 Å². The van der Waals surface area contributed by atoms with Gasteiger partial charge in [0.25, 0.3) is 5.91 Å². The molecule has 100 valence electrons. The van der Waals surface area contributed by atoms with Crippen molar-refractivity contribution < 1.29 is 27.9 Å². The van der Waals surface area contributed by atoms with Crippen molar-refractivity contribution in [3.05, 3.63) is 24.0 Å². The lowest BCUT2D eigenvalue weighted by molar-refractivity contribution is -0.137. The highest BCUT2D eigenvalue weighted by molar-refractivity contribution is 5.93. The van der Waals surface area contributed by atoms with Gasteiger partial charge in [-0.05, 0) is 12.1 Å². The molecule has 0 unspecified atom stereocenters. The molecule has 0 aliphatic carbocycles. The van der Waals surface area contributed by atoms with Crippen molar-refractivity contribution in [2.24, 2.45) is 0 Å². The summed E-state index contributed by atoms with van der Waals surface area (Å²) in [5, 5.41) is 10.7. The summed E-state index contributed by atoms with van der Waals surface area (Å²) in [5.41, 5.74) is 0.0135. The Morgan fingerprint density at radius 1 is 1.39 bits per heavy atom. The van der Waals surface area contributed by atoms with E-state index in [9.17, 15) is 22.8 Å². The molecule has 1 heterocycles. The molecule has 0 bridgehead atoms. The average molecular weight is 264 g/mol. The van der Waals surface area contributed by atoms with E-state index in [1.807, 2.05) is 0 Å². The zero-order valence-electron chi connectivity index (χ0n) is 9.20. The molecule has 1 amide bonds. The van der Waals surface area contributed by atoms with Crippen LogP contribution in [0.2, 0.25) is 0 Å². The Kier molecular flexibility index (Phi) is 4.35. The third-order valence-corrected chi connectivity index (χ3v) is 2.06. The van der Waals surface area contributed by atoms with E-state index < -0.39 is 37.6 Å². The minimum absolute atomic E-state index is 0.0135. The molecule has 0 spiro atoms. The summed E-state index contributed by atoms with van der Waals surface area (Å²) in [7, 11) is 0. The molecule has 5 nitrogen and oxygen atoms in total. The predicted molar refractivity (Wildman–Crippen MR) is 55.1 cm³/mol. The molecule has 2 N–H and O–H groups in total. The maximum atomic E-state index is 11.9. The first-order chi connectivity index (χ1) is 8.29. The Morgan fingerprint density at radius 3 is 2.61 bits per heavy atom. The van der Waals surface area contributed by atoms with Crippen molar-refractivity contribution in [3.63, 3.8) is 0 Å². The highest BCUT2D eigenvalue weighted by atomic mass is 19.4. The van der Waals surface area contributed by atoms with E-state index in [4.69, 9.17) is 5.11 Å². The van der Waals surface area contributed by atoms with Gasteiger partial charge in [0.2, 0.25) is 0 Å². The minimum atomic E-state index is -4.34. The molecule has 8 heteroatoms. The van der Waals surface area contributed by atoms with E-state index in [-0.39, 0.29) is 5.69 Å². The number of aliphatic carboxylic acids is 1. The Labute approximate surface area is 100 Å². The van der Waals surface area contributed by atoms with Crippen LogP contribution in [0.3, 0.4) is 0 Å². The van der Waals surface area contributed by atoms with Gasteiger partial charge >= 0.3 is 12.1 Å². The number of nitrogens with one attached hydrogen (secondary N) is 1. The first-order valence-electron chi connectivity index (χ1n) is 5.01. The van der Waals surface area contributed by atoms with Gasteiger partial charge in [-0.3, -0.25) is 9.59 Å². The van der Waals surface area contributed by atoms with Crippen LogP contribution in [0, 0.1) is 0 Å². The third kappa shape index (κ3) is 4.48. The van der Waals surface area contributed by atoms with Crippen molar-refractivity contribution in [1.82, 2.24) is 9.88 Å². The third-order valence-electron chi connectivity index (χ3n) is 2.06. The summed E-state index contributed by atoms with van der Waals surface area (Å²) in [6.45, 7) is -0.963. The molecule has 1 aromatic rings. The number of hydrogen-bond acceptors (Lipinski definition) is 2. The number of nitrogens with zero attached hydrogens (tertiary/aromatic N) is 1. The molecule has 1 aromatic heterocycles. The zero-order valence-corrected chi connectivity index (χ0v) is 9.20. The number of alkyl halides is 3. The highest BCUT2D eigenvalue weighted by Crippen LogP contribution is 2.18. The van der Waals surface area contributed by atoms with Crippen molar-refractivity contribution >= 4 is 11.9 Å². The SMILES string of the molecule is O=C(O)Cn1cccc1C(=O)NCCC(F)(F)F. The molecule has 0 saturated heterocycles. The quantitative estimate of drug-likeness (QED) is 0.840. The number of carboxylic acids is 1. The number of amides is 1. The Balaban J connectivity index is 2.56. The van der Waals surface area contributed by atoms with Gasteiger partial charge in [-0.15, -0.1) is 0 Å². The van der Waals surface area contributed by atoms with Gasteiger partial charge in [-0.25, -0.2) is 0 Å². The van der Waals surface area contributed by atoms with Crippen LogP contribution in [0.5, 0.6) is 0 Å². The molecule has 0 aliphatic rings. The number of carbonyl (C=O) groups excluding carboxylic acids is 1. The fraction of sp³-hybridized carbons (Fsp3) is 0.400. The van der Waals surface area contributed by atoms with Crippen molar-refractivity contribution in [3.8, 4) is 0 Å². The number of carboxylic acid groups (broad SMARTS) is 1. The van der Waals surface area contributed by atoms with Gasteiger partial charge < -0.3 is 15.0 Å². The minimum Gasteiger partial charge on any atom is -0.480 e. The highest BCUT2D eigenvalue weighted by Gasteiger charge is 2.26. The summed E-state index contributed by atoms with van der Waals surface area (Å²) >= 11 is 0. The van der Waals surface area contributed by atoms with E-state index in [0.29, 0.717) is 0 Å². The van der Waals surface area contributed by atoms with Gasteiger partial charge in [0.15, 0.2) is 0 Å². The fourth-order valence-corrected chi connectivity index (χ4v) is 1.31. The smallest absolute Gasteiger partial charge is 0.390 e. The standard InChI is InChI=1S/C10H11F3N2O3/c11-10(12,13)3-4-14-9(18)7-2-1-5-15(7)6-8(16)17/h1-2,5H,3-4,6H2,(H,14,18)(H,16,17). The van der Waals surface area contributed by atoms with Crippen LogP contribution in [0.25, 0.3) is 0 Å². The second-order valence-corrected chi connectivity index (χ2v) is 3.54. The van der Waals surface area contributed by atoms with Crippen molar-refractivity contribution in [2.75, 3.05) is 6.54 Å². The number of halogens is 3. The van der Waals surface area contributed by atoms with E-state index in [0.717, 1.165) is 4.57 Å². The van der Waals surface area contributed by atoms with Crippen LogP contribution in [0.4, 0.5) is 13.2 Å². The van der Waals surface area contributed by atoms with Crippen LogP contribution in [-0.4, -0.2) is 34.3 Å². The molecule has 0 fully saturated rings. The van der Waals surface area contributed by atoms with Gasteiger partial charge in [-0.2, -0.15) is 13.2 Å². The van der Waals surface area contributed by atoms with Crippen molar-refractivity contribution in [1.29, 1.82) is 0 Å². The maximum Gasteiger partial charge on any atom is 0.390 e. The molecule has 1 rings (SSSR count). The van der Waals surface area contributed by atoms with Crippen LogP contribution in [0.15, 0.2) is 18.3 Å². The maximum absolute atomic E-state index is 11.9.